The minimum Gasteiger partial charge on any atom is -0.310 e. The molecule has 0 spiro atoms. The van der Waals surface area contributed by atoms with Crippen molar-refractivity contribution in [3.05, 3.63) is 75.3 Å². The lowest BCUT2D eigenvalue weighted by atomic mass is 10.1. The molecule has 0 saturated carbocycles. The van der Waals surface area contributed by atoms with Gasteiger partial charge in [-0.3, -0.25) is 10.1 Å². The van der Waals surface area contributed by atoms with E-state index in [9.17, 15) is 10.1 Å². The molecule has 4 nitrogen and oxygen atoms in total. The molecule has 1 atom stereocenters. The smallest absolute Gasteiger partial charge is 0.269 e. The van der Waals surface area contributed by atoms with E-state index in [1.807, 2.05) is 12.1 Å². The molecular formula is C18H22N2O2. The van der Waals surface area contributed by atoms with Crippen LogP contribution in [0.15, 0.2) is 48.5 Å². The number of nitro benzene ring substituents is 1. The molecule has 2 aromatic rings. The summed E-state index contributed by atoms with van der Waals surface area (Å²) in [5, 5.41) is 14.1. The highest BCUT2D eigenvalue weighted by molar-refractivity contribution is 5.34. The molecule has 0 saturated heterocycles. The number of rotatable bonds is 7. The summed E-state index contributed by atoms with van der Waals surface area (Å²) in [5.41, 5.74) is 3.85. The average molecular weight is 298 g/mol. The van der Waals surface area contributed by atoms with Gasteiger partial charge < -0.3 is 5.32 Å². The highest BCUT2D eigenvalue weighted by Gasteiger charge is 2.08. The van der Waals surface area contributed by atoms with Gasteiger partial charge in [-0.05, 0) is 44.4 Å². The Morgan fingerprint density at radius 1 is 1.09 bits per heavy atom. The average Bonchev–Trinajstić information content (AvgIpc) is 2.53. The van der Waals surface area contributed by atoms with E-state index in [0.29, 0.717) is 0 Å². The van der Waals surface area contributed by atoms with Gasteiger partial charge in [-0.25, -0.2) is 0 Å². The van der Waals surface area contributed by atoms with Crippen LogP contribution in [-0.2, 0) is 6.42 Å². The molecule has 1 unspecified atom stereocenters. The predicted octanol–water partition coefficient (Wildman–Crippen LogP) is 4.19. The van der Waals surface area contributed by atoms with E-state index in [1.54, 1.807) is 12.1 Å². The minimum absolute atomic E-state index is 0.135. The number of aryl methyl sites for hydroxylation is 2. The highest BCUT2D eigenvalue weighted by Crippen LogP contribution is 2.17. The molecule has 0 fully saturated rings. The normalized spacial score (nSPS) is 12.1. The third-order valence-corrected chi connectivity index (χ3v) is 3.82. The summed E-state index contributed by atoms with van der Waals surface area (Å²) in [5.74, 6) is 0. The van der Waals surface area contributed by atoms with Crippen LogP contribution in [0, 0.1) is 17.0 Å². The number of hydrogen-bond donors (Lipinski definition) is 1. The quantitative estimate of drug-likeness (QED) is 0.474. The molecule has 0 aromatic heterocycles. The van der Waals surface area contributed by atoms with Gasteiger partial charge in [0.05, 0.1) is 4.92 Å². The molecule has 0 aliphatic carbocycles. The van der Waals surface area contributed by atoms with Crippen LogP contribution >= 0.6 is 0 Å². The summed E-state index contributed by atoms with van der Waals surface area (Å²) >= 11 is 0. The van der Waals surface area contributed by atoms with Crippen LogP contribution in [0.2, 0.25) is 0 Å². The minimum atomic E-state index is -0.372. The Hall–Kier alpha value is -2.20. The second kappa shape index (κ2) is 7.71. The monoisotopic (exact) mass is 298 g/mol. The topological polar surface area (TPSA) is 55.2 Å². The molecule has 1 N–H and O–H groups in total. The summed E-state index contributed by atoms with van der Waals surface area (Å²) in [6.45, 7) is 5.09. The van der Waals surface area contributed by atoms with Crippen LogP contribution < -0.4 is 5.32 Å². The standard InChI is InChI=1S/C18H22N2O2/c1-14-5-7-16(8-6-14)4-3-13-19-15(2)17-9-11-18(12-10-17)20(21)22/h5-12,15,19H,3-4,13H2,1-2H3. The van der Waals surface area contributed by atoms with Crippen molar-refractivity contribution in [1.82, 2.24) is 5.32 Å². The van der Waals surface area contributed by atoms with E-state index in [4.69, 9.17) is 0 Å². The van der Waals surface area contributed by atoms with Gasteiger partial charge in [0.15, 0.2) is 0 Å². The lowest BCUT2D eigenvalue weighted by Crippen LogP contribution is -2.20. The molecule has 0 bridgehead atoms. The largest absolute Gasteiger partial charge is 0.310 e. The highest BCUT2D eigenvalue weighted by atomic mass is 16.6. The SMILES string of the molecule is Cc1ccc(CCCNC(C)c2ccc([N+](=O)[O-])cc2)cc1. The molecule has 0 heterocycles. The van der Waals surface area contributed by atoms with Gasteiger partial charge in [0.1, 0.15) is 0 Å². The number of hydrogen-bond acceptors (Lipinski definition) is 3. The first-order valence-electron chi connectivity index (χ1n) is 7.59. The van der Waals surface area contributed by atoms with E-state index in [0.717, 1.165) is 24.9 Å². The molecule has 4 heteroatoms. The van der Waals surface area contributed by atoms with E-state index in [-0.39, 0.29) is 16.7 Å². The molecule has 0 amide bonds. The molecular weight excluding hydrogens is 276 g/mol. The Kier molecular flexibility index (Phi) is 5.67. The third-order valence-electron chi connectivity index (χ3n) is 3.82. The fourth-order valence-corrected chi connectivity index (χ4v) is 2.37. The van der Waals surface area contributed by atoms with Crippen LogP contribution in [0.3, 0.4) is 0 Å². The van der Waals surface area contributed by atoms with Crippen LogP contribution in [0.5, 0.6) is 0 Å². The number of non-ortho nitro benzene ring substituents is 1. The third kappa shape index (κ3) is 4.67. The van der Waals surface area contributed by atoms with E-state index < -0.39 is 0 Å². The molecule has 2 rings (SSSR count). The lowest BCUT2D eigenvalue weighted by molar-refractivity contribution is -0.384. The maximum absolute atomic E-state index is 10.6. The van der Waals surface area contributed by atoms with Crippen molar-refractivity contribution in [2.24, 2.45) is 0 Å². The Balaban J connectivity index is 1.76. The first kappa shape index (κ1) is 16.2. The molecule has 0 aliphatic rings. The fraction of sp³-hybridized carbons (Fsp3) is 0.333. The van der Waals surface area contributed by atoms with Gasteiger partial charge in [0.25, 0.3) is 5.69 Å². The van der Waals surface area contributed by atoms with Gasteiger partial charge in [-0.2, -0.15) is 0 Å². The second-order valence-corrected chi connectivity index (χ2v) is 5.61. The van der Waals surface area contributed by atoms with Crippen molar-refractivity contribution < 1.29 is 4.92 Å². The van der Waals surface area contributed by atoms with Crippen molar-refractivity contribution >= 4 is 5.69 Å². The van der Waals surface area contributed by atoms with Crippen molar-refractivity contribution in [3.63, 3.8) is 0 Å². The summed E-state index contributed by atoms with van der Waals surface area (Å²) in [7, 11) is 0. The maximum atomic E-state index is 10.6. The van der Waals surface area contributed by atoms with Gasteiger partial charge in [0, 0.05) is 18.2 Å². The summed E-state index contributed by atoms with van der Waals surface area (Å²) < 4.78 is 0. The molecule has 116 valence electrons. The number of nitro groups is 1. The van der Waals surface area contributed by atoms with Crippen molar-refractivity contribution in [2.45, 2.75) is 32.7 Å². The van der Waals surface area contributed by atoms with Gasteiger partial charge >= 0.3 is 0 Å². The van der Waals surface area contributed by atoms with E-state index in [2.05, 4.69) is 43.4 Å². The van der Waals surface area contributed by atoms with Crippen molar-refractivity contribution in [3.8, 4) is 0 Å². The first-order valence-corrected chi connectivity index (χ1v) is 7.59. The Morgan fingerprint density at radius 3 is 2.32 bits per heavy atom. The van der Waals surface area contributed by atoms with Crippen LogP contribution in [0.4, 0.5) is 5.69 Å². The maximum Gasteiger partial charge on any atom is 0.269 e. The van der Waals surface area contributed by atoms with E-state index >= 15 is 0 Å². The van der Waals surface area contributed by atoms with Gasteiger partial charge in [0.2, 0.25) is 0 Å². The van der Waals surface area contributed by atoms with Crippen LogP contribution in [0.1, 0.15) is 36.1 Å². The zero-order valence-corrected chi connectivity index (χ0v) is 13.1. The van der Waals surface area contributed by atoms with Gasteiger partial charge in [-0.15, -0.1) is 0 Å². The fourth-order valence-electron chi connectivity index (χ4n) is 2.37. The van der Waals surface area contributed by atoms with Crippen molar-refractivity contribution in [2.75, 3.05) is 6.54 Å². The zero-order chi connectivity index (χ0) is 15.9. The van der Waals surface area contributed by atoms with Crippen LogP contribution in [0.25, 0.3) is 0 Å². The van der Waals surface area contributed by atoms with Crippen molar-refractivity contribution in [1.29, 1.82) is 0 Å². The van der Waals surface area contributed by atoms with Crippen LogP contribution in [-0.4, -0.2) is 11.5 Å². The first-order chi connectivity index (χ1) is 10.6. The molecule has 2 aromatic carbocycles. The summed E-state index contributed by atoms with van der Waals surface area (Å²) in [4.78, 5) is 10.3. The van der Waals surface area contributed by atoms with Gasteiger partial charge in [-0.1, -0.05) is 42.0 Å². The van der Waals surface area contributed by atoms with E-state index in [1.165, 1.54) is 11.1 Å². The molecule has 0 aliphatic heterocycles. The zero-order valence-electron chi connectivity index (χ0n) is 13.1. The summed E-state index contributed by atoms with van der Waals surface area (Å²) in [6, 6.07) is 15.6. The number of nitrogens with zero attached hydrogens (tertiary/aromatic N) is 1. The Bertz CT molecular complexity index is 606. The second-order valence-electron chi connectivity index (χ2n) is 5.61. The Labute approximate surface area is 131 Å². The lowest BCUT2D eigenvalue weighted by Gasteiger charge is -2.14. The molecule has 22 heavy (non-hydrogen) atoms. The number of nitrogens with one attached hydrogen (secondary N) is 1. The molecule has 0 radical (unpaired) electrons. The predicted molar refractivity (Wildman–Crippen MR) is 89.0 cm³/mol. The summed E-state index contributed by atoms with van der Waals surface area (Å²) in [6.07, 6.45) is 2.13. The number of benzene rings is 2. The Morgan fingerprint density at radius 2 is 1.73 bits per heavy atom.